The highest BCUT2D eigenvalue weighted by Gasteiger charge is 2.21. The minimum atomic E-state index is -0.0641. The van der Waals surface area contributed by atoms with E-state index in [1.165, 1.54) is 32.1 Å². The second-order valence-electron chi connectivity index (χ2n) is 11.9. The van der Waals surface area contributed by atoms with E-state index in [1.54, 1.807) is 6.92 Å². The topological polar surface area (TPSA) is 90.6 Å². The molecule has 7 nitrogen and oxygen atoms in total. The summed E-state index contributed by atoms with van der Waals surface area (Å²) in [6.45, 7) is 4.01. The highest BCUT2D eigenvalue weighted by molar-refractivity contribution is 6.42. The van der Waals surface area contributed by atoms with E-state index in [0.29, 0.717) is 42.0 Å². The van der Waals surface area contributed by atoms with Crippen LogP contribution in [0.4, 0.5) is 5.69 Å². The average Bonchev–Trinajstić information content (AvgIpc) is 3.38. The summed E-state index contributed by atoms with van der Waals surface area (Å²) in [5.41, 5.74) is 5.76. The van der Waals surface area contributed by atoms with Crippen LogP contribution in [0, 0.1) is 5.92 Å². The molecule has 0 bridgehead atoms. The molecular weight excluding hydrogens is 595 g/mol. The van der Waals surface area contributed by atoms with Gasteiger partial charge in [0.05, 0.1) is 34.3 Å². The fraction of sp³-hybridized carbons (Fsp3) is 0.429. The molecule has 4 aromatic rings. The van der Waals surface area contributed by atoms with Crippen molar-refractivity contribution in [3.63, 3.8) is 0 Å². The van der Waals surface area contributed by atoms with Crippen LogP contribution < -0.4 is 10.2 Å². The number of hydrogen-bond acceptors (Lipinski definition) is 6. The summed E-state index contributed by atoms with van der Waals surface area (Å²) in [7, 11) is 0. The highest BCUT2D eigenvalue weighted by Crippen LogP contribution is 2.32. The smallest absolute Gasteiger partial charge is 0.141 e. The molecule has 1 aliphatic rings. The van der Waals surface area contributed by atoms with E-state index in [1.807, 2.05) is 47.4 Å². The normalized spacial score (nSPS) is 14.7. The van der Waals surface area contributed by atoms with Gasteiger partial charge < -0.3 is 25.0 Å². The maximum absolute atomic E-state index is 12.3. The zero-order valence-electron chi connectivity index (χ0n) is 25.3. The van der Waals surface area contributed by atoms with Crippen LogP contribution in [0.3, 0.4) is 0 Å². The first kappa shape index (κ1) is 32.5. The van der Waals surface area contributed by atoms with Gasteiger partial charge in [-0.15, -0.1) is 0 Å². The molecule has 1 aromatic heterocycles. The molecule has 1 fully saturated rings. The van der Waals surface area contributed by atoms with Crippen LogP contribution in [0.2, 0.25) is 10.0 Å². The monoisotopic (exact) mass is 636 g/mol. The van der Waals surface area contributed by atoms with Crippen LogP contribution in [-0.2, 0) is 11.3 Å². The largest absolute Gasteiger partial charge is 0.395 e. The molecule has 1 unspecified atom stereocenters. The van der Waals surface area contributed by atoms with Gasteiger partial charge in [-0.3, -0.25) is 4.79 Å². The molecule has 0 radical (unpaired) electrons. The zero-order chi connectivity index (χ0) is 31.1. The fourth-order valence-electron chi connectivity index (χ4n) is 6.29. The molecule has 0 aliphatic heterocycles. The first-order valence-electron chi connectivity index (χ1n) is 15.6. The molecule has 9 heteroatoms. The van der Waals surface area contributed by atoms with Crippen molar-refractivity contribution in [1.29, 1.82) is 0 Å². The number of imidazole rings is 1. The summed E-state index contributed by atoms with van der Waals surface area (Å²) >= 11 is 12.6. The zero-order valence-corrected chi connectivity index (χ0v) is 26.8. The number of halogens is 2. The number of aromatic nitrogens is 2. The van der Waals surface area contributed by atoms with Crippen LogP contribution in [0.15, 0.2) is 60.7 Å². The first-order valence-corrected chi connectivity index (χ1v) is 16.4. The standard InChI is InChI=1S/C35H42Cl2N4O3/c1-24(44)19-32(38-22-25-5-3-2-4-6-25)28-10-14-34-33(21-28)39-35(41(34)23-26-7-13-30(36)31(37)20-26)27-8-11-29(12-9-27)40(15-17-42)16-18-43/h7-14,20-21,25,32,38,42-43H,2-6,15-19,22-23H2,1H3. The molecule has 1 atom stereocenters. The van der Waals surface area contributed by atoms with Crippen LogP contribution >= 0.6 is 23.2 Å². The van der Waals surface area contributed by atoms with Crippen molar-refractivity contribution in [1.82, 2.24) is 14.9 Å². The van der Waals surface area contributed by atoms with Crippen LogP contribution in [0.5, 0.6) is 0 Å². The molecule has 1 saturated carbocycles. The number of benzene rings is 3. The van der Waals surface area contributed by atoms with Crippen molar-refractivity contribution in [3.8, 4) is 11.4 Å². The third-order valence-corrected chi connectivity index (χ3v) is 9.34. The summed E-state index contributed by atoms with van der Waals surface area (Å²) in [6.07, 6.45) is 6.83. The third-order valence-electron chi connectivity index (χ3n) is 8.60. The lowest BCUT2D eigenvalue weighted by atomic mass is 9.89. The minimum absolute atomic E-state index is 0.00364. The Morgan fingerprint density at radius 2 is 1.70 bits per heavy atom. The van der Waals surface area contributed by atoms with E-state index in [2.05, 4.69) is 28.1 Å². The lowest BCUT2D eigenvalue weighted by molar-refractivity contribution is -0.117. The lowest BCUT2D eigenvalue weighted by Crippen LogP contribution is -2.29. The number of Topliss-reactive ketones (excluding diaryl/α,β-unsaturated/α-hetero) is 1. The van der Waals surface area contributed by atoms with Gasteiger partial charge in [0.25, 0.3) is 0 Å². The molecule has 0 saturated heterocycles. The van der Waals surface area contributed by atoms with E-state index in [0.717, 1.165) is 45.8 Å². The number of fused-ring (bicyclic) bond motifs is 1. The maximum Gasteiger partial charge on any atom is 0.141 e. The van der Waals surface area contributed by atoms with E-state index in [-0.39, 0.29) is 25.0 Å². The first-order chi connectivity index (χ1) is 21.4. The molecule has 5 rings (SSSR count). The number of hydrogen-bond donors (Lipinski definition) is 3. The van der Waals surface area contributed by atoms with Gasteiger partial charge in [-0.2, -0.15) is 0 Å². The Bertz CT molecular complexity index is 1540. The Hall–Kier alpha value is -2.94. The molecule has 3 aromatic carbocycles. The van der Waals surface area contributed by atoms with Gasteiger partial charge in [0, 0.05) is 43.3 Å². The van der Waals surface area contributed by atoms with E-state index in [4.69, 9.17) is 28.2 Å². The van der Waals surface area contributed by atoms with Gasteiger partial charge in [-0.25, -0.2) is 4.98 Å². The second-order valence-corrected chi connectivity index (χ2v) is 12.7. The lowest BCUT2D eigenvalue weighted by Gasteiger charge is -2.25. The van der Waals surface area contributed by atoms with E-state index >= 15 is 0 Å². The van der Waals surface area contributed by atoms with Crippen molar-refractivity contribution in [2.75, 3.05) is 37.7 Å². The maximum atomic E-state index is 12.3. The third kappa shape index (κ3) is 8.01. The molecule has 0 spiro atoms. The molecule has 3 N–H and O–H groups in total. The number of anilines is 1. The number of carbonyl (C=O) groups is 1. The minimum Gasteiger partial charge on any atom is -0.395 e. The number of aliphatic hydroxyl groups is 2. The second kappa shape index (κ2) is 15.4. The predicted molar refractivity (Wildman–Crippen MR) is 180 cm³/mol. The number of ketones is 1. The molecular formula is C35H42Cl2N4O3. The Balaban J connectivity index is 1.51. The predicted octanol–water partition coefficient (Wildman–Crippen LogP) is 7.04. The number of nitrogens with zero attached hydrogens (tertiary/aromatic N) is 3. The summed E-state index contributed by atoms with van der Waals surface area (Å²) < 4.78 is 2.18. The van der Waals surface area contributed by atoms with Crippen molar-refractivity contribution in [2.45, 2.75) is 58.0 Å². The van der Waals surface area contributed by atoms with Crippen LogP contribution in [-0.4, -0.2) is 58.4 Å². The molecule has 1 aliphatic carbocycles. The van der Waals surface area contributed by atoms with E-state index in [9.17, 15) is 15.0 Å². The molecule has 0 amide bonds. The number of carbonyl (C=O) groups excluding carboxylic acids is 1. The SMILES string of the molecule is CC(=O)CC(NCC1CCCCC1)c1ccc2c(c1)nc(-c1ccc(N(CCO)CCO)cc1)n2Cc1ccc(Cl)c(Cl)c1. The van der Waals surface area contributed by atoms with Crippen LogP contribution in [0.25, 0.3) is 22.4 Å². The Labute approximate surface area is 269 Å². The molecule has 234 valence electrons. The van der Waals surface area contributed by atoms with Gasteiger partial charge in [0.1, 0.15) is 11.6 Å². The number of nitrogens with one attached hydrogen (secondary N) is 1. The van der Waals surface area contributed by atoms with Gasteiger partial charge in [0.2, 0.25) is 0 Å². The van der Waals surface area contributed by atoms with E-state index < -0.39 is 0 Å². The van der Waals surface area contributed by atoms with Crippen LogP contribution in [0.1, 0.15) is 62.6 Å². The summed E-state index contributed by atoms with van der Waals surface area (Å²) in [4.78, 5) is 19.4. The van der Waals surface area contributed by atoms with Crippen molar-refractivity contribution < 1.29 is 15.0 Å². The molecule has 44 heavy (non-hydrogen) atoms. The summed E-state index contributed by atoms with van der Waals surface area (Å²) in [6, 6.07) is 20.0. The van der Waals surface area contributed by atoms with Gasteiger partial charge in [0.15, 0.2) is 0 Å². The number of aliphatic hydroxyl groups excluding tert-OH is 2. The Kier molecular flexibility index (Phi) is 11.3. The van der Waals surface area contributed by atoms with Gasteiger partial charge in [-0.1, -0.05) is 54.6 Å². The fourth-order valence-corrected chi connectivity index (χ4v) is 6.61. The quantitative estimate of drug-likeness (QED) is 0.138. The van der Waals surface area contributed by atoms with Crippen molar-refractivity contribution >= 4 is 45.7 Å². The summed E-state index contributed by atoms with van der Waals surface area (Å²) in [5.74, 6) is 1.63. The Morgan fingerprint density at radius 3 is 2.36 bits per heavy atom. The Morgan fingerprint density at radius 1 is 0.977 bits per heavy atom. The average molecular weight is 638 g/mol. The van der Waals surface area contributed by atoms with Gasteiger partial charge in [-0.05, 0) is 91.9 Å². The molecule has 1 heterocycles. The summed E-state index contributed by atoms with van der Waals surface area (Å²) in [5, 5.41) is 23.7. The van der Waals surface area contributed by atoms with Gasteiger partial charge >= 0.3 is 0 Å². The highest BCUT2D eigenvalue weighted by atomic mass is 35.5. The van der Waals surface area contributed by atoms with Crippen molar-refractivity contribution in [3.05, 3.63) is 81.8 Å². The number of rotatable bonds is 14. The van der Waals surface area contributed by atoms with Crippen molar-refractivity contribution in [2.24, 2.45) is 5.92 Å².